The summed E-state index contributed by atoms with van der Waals surface area (Å²) in [5, 5.41) is 11.5. The van der Waals surface area contributed by atoms with Gasteiger partial charge < -0.3 is 24.9 Å². The second-order valence-corrected chi connectivity index (χ2v) is 13.9. The van der Waals surface area contributed by atoms with E-state index in [0.29, 0.717) is 49.7 Å². The van der Waals surface area contributed by atoms with Gasteiger partial charge in [-0.15, -0.1) is 0 Å². The highest BCUT2D eigenvalue weighted by Gasteiger charge is 2.35. The van der Waals surface area contributed by atoms with E-state index in [9.17, 15) is 18.8 Å². The highest BCUT2D eigenvalue weighted by Crippen LogP contribution is 2.27. The molecule has 0 saturated carbocycles. The predicted octanol–water partition coefficient (Wildman–Crippen LogP) is 2.72. The Morgan fingerprint density at radius 3 is 2.30 bits per heavy atom. The molecule has 11 heteroatoms. The Kier molecular flexibility index (Phi) is 9.65. The number of carbonyl (C=O) groups excluding carboxylic acids is 2. The molecule has 5 heterocycles. The normalized spacial score (nSPS) is 22.3. The highest BCUT2D eigenvalue weighted by molar-refractivity contribution is 5.95. The first-order valence-corrected chi connectivity index (χ1v) is 17.4. The van der Waals surface area contributed by atoms with Crippen molar-refractivity contribution in [3.8, 4) is 0 Å². The van der Waals surface area contributed by atoms with Crippen molar-refractivity contribution in [2.24, 2.45) is 11.8 Å². The Labute approximate surface area is 275 Å². The molecular weight excluding hydrogens is 597 g/mol. The van der Waals surface area contributed by atoms with Gasteiger partial charge in [-0.3, -0.25) is 14.4 Å². The second kappa shape index (κ2) is 14.2. The van der Waals surface area contributed by atoms with E-state index in [1.165, 1.54) is 45.0 Å². The van der Waals surface area contributed by atoms with Crippen LogP contribution in [-0.2, 0) is 11.2 Å². The molecule has 2 aromatic carbocycles. The van der Waals surface area contributed by atoms with Crippen molar-refractivity contribution in [2.45, 2.75) is 44.6 Å². The van der Waals surface area contributed by atoms with Gasteiger partial charge in [-0.2, -0.15) is 5.10 Å². The number of piperazine rings is 1. The van der Waals surface area contributed by atoms with Gasteiger partial charge in [0, 0.05) is 56.5 Å². The number of aromatic amines is 1. The molecule has 3 aromatic rings. The number of benzene rings is 2. The maximum atomic E-state index is 15.0. The van der Waals surface area contributed by atoms with Gasteiger partial charge >= 0.3 is 0 Å². The third kappa shape index (κ3) is 7.12. The van der Waals surface area contributed by atoms with Crippen molar-refractivity contribution in [1.82, 2.24) is 35.1 Å². The number of halogens is 1. The maximum Gasteiger partial charge on any atom is 0.272 e. The largest absolute Gasteiger partial charge is 0.339 e. The summed E-state index contributed by atoms with van der Waals surface area (Å²) >= 11 is 0. The Morgan fingerprint density at radius 2 is 1.57 bits per heavy atom. The first-order chi connectivity index (χ1) is 22.9. The van der Waals surface area contributed by atoms with Gasteiger partial charge in [-0.25, -0.2) is 9.49 Å². The van der Waals surface area contributed by atoms with E-state index in [-0.39, 0.29) is 28.9 Å². The molecule has 4 aliphatic heterocycles. The van der Waals surface area contributed by atoms with E-state index < -0.39 is 5.82 Å². The third-order valence-corrected chi connectivity index (χ3v) is 10.9. The van der Waals surface area contributed by atoms with Crippen molar-refractivity contribution in [3.05, 3.63) is 75.5 Å². The molecule has 2 N–H and O–H groups in total. The molecule has 2 amide bonds. The highest BCUT2D eigenvalue weighted by atomic mass is 19.1. The van der Waals surface area contributed by atoms with Crippen LogP contribution in [0.1, 0.15) is 53.7 Å². The molecule has 0 aliphatic carbocycles. The Balaban J connectivity index is 0.890. The van der Waals surface area contributed by atoms with Crippen LogP contribution in [0, 0.1) is 17.7 Å². The van der Waals surface area contributed by atoms with E-state index in [1.807, 2.05) is 17.0 Å². The van der Waals surface area contributed by atoms with Crippen LogP contribution in [0.2, 0.25) is 0 Å². The number of aromatic nitrogens is 2. The Hall–Kier alpha value is -3.67. The maximum absolute atomic E-state index is 15.0. The van der Waals surface area contributed by atoms with Crippen LogP contribution in [-0.4, -0.2) is 120 Å². The predicted molar refractivity (Wildman–Crippen MR) is 179 cm³/mol. The quantitative estimate of drug-likeness (QED) is 0.408. The summed E-state index contributed by atoms with van der Waals surface area (Å²) in [4.78, 5) is 47.9. The molecule has 250 valence electrons. The van der Waals surface area contributed by atoms with Crippen molar-refractivity contribution < 1.29 is 14.0 Å². The van der Waals surface area contributed by atoms with Gasteiger partial charge in [0.2, 0.25) is 5.91 Å². The van der Waals surface area contributed by atoms with Crippen LogP contribution in [0.4, 0.5) is 4.39 Å². The minimum Gasteiger partial charge on any atom is -0.339 e. The second-order valence-electron chi connectivity index (χ2n) is 13.9. The number of nitrogens with zero attached hydrogens (tertiary/aromatic N) is 5. The van der Waals surface area contributed by atoms with Crippen LogP contribution in [0.25, 0.3) is 10.8 Å². The summed E-state index contributed by atoms with van der Waals surface area (Å²) in [5.74, 6) is 0.107. The third-order valence-electron chi connectivity index (χ3n) is 10.9. The first-order valence-electron chi connectivity index (χ1n) is 17.4. The summed E-state index contributed by atoms with van der Waals surface area (Å²) < 4.78 is 15.0. The van der Waals surface area contributed by atoms with Crippen molar-refractivity contribution in [3.63, 3.8) is 0 Å². The number of rotatable bonds is 7. The number of hydrogen-bond donors (Lipinski definition) is 2. The molecule has 0 radical (unpaired) electrons. The minimum atomic E-state index is -0.569. The monoisotopic (exact) mass is 643 g/mol. The van der Waals surface area contributed by atoms with Gasteiger partial charge in [0.25, 0.3) is 11.5 Å². The van der Waals surface area contributed by atoms with E-state index >= 15 is 0 Å². The molecular formula is C36H46FN7O3. The SMILES string of the molecule is O=C(c1cc(Cc2n[nH]c(=O)c3ccccc23)ccc1F)N1CCN(C(=O)C2CCN(C3CCN(C[C@H]4CCNC4)CC3)CC2)CC1. The number of piperidine rings is 2. The van der Waals surface area contributed by atoms with Crippen LogP contribution >= 0.6 is 0 Å². The van der Waals surface area contributed by atoms with Crippen molar-refractivity contribution >= 4 is 22.6 Å². The van der Waals surface area contributed by atoms with Gasteiger partial charge in [-0.05, 0) is 101 Å². The van der Waals surface area contributed by atoms with Gasteiger partial charge in [0.15, 0.2) is 0 Å². The summed E-state index contributed by atoms with van der Waals surface area (Å²) in [6, 6.07) is 12.4. The zero-order valence-electron chi connectivity index (χ0n) is 27.1. The average molecular weight is 644 g/mol. The molecule has 10 nitrogen and oxygen atoms in total. The molecule has 1 aromatic heterocycles. The lowest BCUT2D eigenvalue weighted by Crippen LogP contribution is -2.54. The van der Waals surface area contributed by atoms with E-state index in [0.717, 1.165) is 55.9 Å². The lowest BCUT2D eigenvalue weighted by Gasteiger charge is -2.43. The fourth-order valence-electron chi connectivity index (χ4n) is 8.12. The standard InChI is InChI=1S/C36H46FN7O3/c37-32-6-5-25(22-33-29-3-1-2-4-30(29)34(45)40-39-33)21-31(32)36(47)44-19-17-43(18-20-44)35(46)27-8-15-42(16-9-27)28-10-13-41(14-11-28)24-26-7-12-38-23-26/h1-6,21,26-28,38H,7-20,22-24H2,(H,40,45)/t26-/m0/s1. The number of carbonyl (C=O) groups is 2. The zero-order valence-corrected chi connectivity index (χ0v) is 27.1. The van der Waals surface area contributed by atoms with Crippen LogP contribution in [0.5, 0.6) is 0 Å². The molecule has 1 atom stereocenters. The number of amides is 2. The summed E-state index contributed by atoms with van der Waals surface area (Å²) in [6.07, 6.45) is 5.87. The number of likely N-dealkylation sites (tertiary alicyclic amines) is 2. The molecule has 0 spiro atoms. The summed E-state index contributed by atoms with van der Waals surface area (Å²) in [6.45, 7) is 9.57. The number of nitrogens with one attached hydrogen (secondary N) is 2. The lowest BCUT2D eigenvalue weighted by atomic mass is 9.92. The molecule has 47 heavy (non-hydrogen) atoms. The molecule has 7 rings (SSSR count). The first kappa shape index (κ1) is 31.9. The summed E-state index contributed by atoms with van der Waals surface area (Å²) in [5.41, 5.74) is 1.14. The summed E-state index contributed by atoms with van der Waals surface area (Å²) in [7, 11) is 0. The fraction of sp³-hybridized carbons (Fsp3) is 0.556. The van der Waals surface area contributed by atoms with E-state index in [1.54, 1.807) is 29.2 Å². The van der Waals surface area contributed by atoms with Crippen molar-refractivity contribution in [1.29, 1.82) is 0 Å². The zero-order chi connectivity index (χ0) is 32.3. The average Bonchev–Trinajstić information content (AvgIpc) is 3.63. The van der Waals surface area contributed by atoms with Crippen LogP contribution in [0.15, 0.2) is 47.3 Å². The Morgan fingerprint density at radius 1 is 0.851 bits per heavy atom. The number of H-pyrrole nitrogens is 1. The number of fused-ring (bicyclic) bond motifs is 1. The Bertz CT molecular complexity index is 1630. The fourth-order valence-corrected chi connectivity index (χ4v) is 8.12. The molecule has 0 bridgehead atoms. The smallest absolute Gasteiger partial charge is 0.272 e. The van der Waals surface area contributed by atoms with Crippen molar-refractivity contribution in [2.75, 3.05) is 72.0 Å². The molecule has 4 saturated heterocycles. The van der Waals surface area contributed by atoms with Crippen LogP contribution < -0.4 is 10.9 Å². The van der Waals surface area contributed by atoms with E-state index in [4.69, 9.17) is 0 Å². The molecule has 4 fully saturated rings. The van der Waals surface area contributed by atoms with E-state index in [2.05, 4.69) is 25.3 Å². The van der Waals surface area contributed by atoms with Crippen LogP contribution in [0.3, 0.4) is 0 Å². The van der Waals surface area contributed by atoms with Gasteiger partial charge in [0.05, 0.1) is 16.6 Å². The topological polar surface area (TPSA) is 105 Å². The molecule has 0 unspecified atom stereocenters. The molecule has 4 aliphatic rings. The number of hydrogen-bond acceptors (Lipinski definition) is 7. The van der Waals surface area contributed by atoms with Gasteiger partial charge in [0.1, 0.15) is 5.82 Å². The lowest BCUT2D eigenvalue weighted by molar-refractivity contribution is -0.138. The van der Waals surface area contributed by atoms with Gasteiger partial charge in [-0.1, -0.05) is 24.3 Å². The minimum absolute atomic E-state index is 0.0183.